The summed E-state index contributed by atoms with van der Waals surface area (Å²) in [5.74, 6) is -1.33. The van der Waals surface area contributed by atoms with Crippen molar-refractivity contribution in [1.29, 1.82) is 0 Å². The highest BCUT2D eigenvalue weighted by atomic mass is 16.6. The predicted octanol–water partition coefficient (Wildman–Crippen LogP) is 2.18. The van der Waals surface area contributed by atoms with Gasteiger partial charge in [-0.2, -0.15) is 0 Å². The van der Waals surface area contributed by atoms with Crippen molar-refractivity contribution in [3.8, 4) is 0 Å². The lowest BCUT2D eigenvalue weighted by atomic mass is 9.65. The van der Waals surface area contributed by atoms with Crippen LogP contribution in [-0.4, -0.2) is 41.1 Å². The van der Waals surface area contributed by atoms with Crippen molar-refractivity contribution in [3.63, 3.8) is 0 Å². The summed E-state index contributed by atoms with van der Waals surface area (Å²) in [5, 5.41) is 11.6. The number of hydrogen-bond acceptors (Lipinski definition) is 6. The van der Waals surface area contributed by atoms with E-state index in [2.05, 4.69) is 6.58 Å². The van der Waals surface area contributed by atoms with Crippen LogP contribution >= 0.6 is 0 Å². The number of rotatable bonds is 4. The van der Waals surface area contributed by atoms with Gasteiger partial charge in [-0.3, -0.25) is 9.59 Å². The average molecular weight is 364 g/mol. The number of Topliss-reactive ketones (excluding diaryl/α,β-unsaturated/α-hetero) is 1. The molecule has 144 valence electrons. The Bertz CT molecular complexity index is 653. The first-order valence-corrected chi connectivity index (χ1v) is 9.42. The van der Waals surface area contributed by atoms with Crippen molar-refractivity contribution in [1.82, 2.24) is 0 Å². The number of aliphatic hydroxyl groups is 1. The molecule has 1 aliphatic heterocycles. The maximum atomic E-state index is 12.8. The molecule has 0 aromatic heterocycles. The van der Waals surface area contributed by atoms with Crippen LogP contribution in [0.15, 0.2) is 12.2 Å². The molecule has 0 aromatic carbocycles. The number of carbonyl (C=O) groups excluding carboxylic acids is 3. The van der Waals surface area contributed by atoms with Gasteiger partial charge in [0.25, 0.3) is 0 Å². The van der Waals surface area contributed by atoms with E-state index in [0.717, 1.165) is 0 Å². The molecule has 0 aromatic rings. The molecule has 0 bridgehead atoms. The zero-order valence-corrected chi connectivity index (χ0v) is 15.7. The zero-order chi connectivity index (χ0) is 19.3. The smallest absolute Gasteiger partial charge is 0.334 e. The Labute approximate surface area is 153 Å². The quantitative estimate of drug-likeness (QED) is 0.607. The summed E-state index contributed by atoms with van der Waals surface area (Å²) in [6, 6.07) is 0. The minimum Gasteiger partial charge on any atom is -0.465 e. The van der Waals surface area contributed by atoms with E-state index < -0.39 is 23.1 Å². The fourth-order valence-corrected chi connectivity index (χ4v) is 4.98. The first-order valence-electron chi connectivity index (χ1n) is 9.42. The molecule has 0 spiro atoms. The zero-order valence-electron chi connectivity index (χ0n) is 15.7. The lowest BCUT2D eigenvalue weighted by Gasteiger charge is -2.44. The maximum Gasteiger partial charge on any atom is 0.334 e. The Hall–Kier alpha value is -1.69. The van der Waals surface area contributed by atoms with Crippen LogP contribution in [0.2, 0.25) is 0 Å². The lowest BCUT2D eigenvalue weighted by Crippen LogP contribution is -2.57. The monoisotopic (exact) mass is 364 g/mol. The standard InChI is InChI=1S/C20H28O6/c1-11(2)9-16(22)25-10-13-5-6-14-12(3)18(23)26-17(14)19(4)15(21)7-8-20(13,19)24/h11,13-14,17,24H,3,5-10H2,1-2,4H3. The van der Waals surface area contributed by atoms with Crippen LogP contribution in [0.4, 0.5) is 0 Å². The molecule has 2 aliphatic carbocycles. The van der Waals surface area contributed by atoms with Crippen LogP contribution in [0.5, 0.6) is 0 Å². The van der Waals surface area contributed by atoms with Crippen molar-refractivity contribution in [2.24, 2.45) is 23.2 Å². The number of hydrogen-bond donors (Lipinski definition) is 1. The third kappa shape index (κ3) is 2.70. The highest BCUT2D eigenvalue weighted by molar-refractivity contribution is 5.94. The predicted molar refractivity (Wildman–Crippen MR) is 92.9 cm³/mol. The van der Waals surface area contributed by atoms with Crippen LogP contribution in [0, 0.1) is 23.2 Å². The van der Waals surface area contributed by atoms with Gasteiger partial charge in [-0.05, 0) is 32.1 Å². The molecule has 3 aliphatic rings. The Morgan fingerprint density at radius 3 is 2.73 bits per heavy atom. The molecule has 1 heterocycles. The molecule has 1 saturated heterocycles. The summed E-state index contributed by atoms with van der Waals surface area (Å²) in [6.45, 7) is 9.48. The maximum absolute atomic E-state index is 12.8. The Balaban J connectivity index is 1.88. The van der Waals surface area contributed by atoms with Gasteiger partial charge in [0, 0.05) is 30.3 Å². The van der Waals surface area contributed by atoms with Crippen LogP contribution in [0.1, 0.15) is 52.9 Å². The van der Waals surface area contributed by atoms with E-state index >= 15 is 0 Å². The Kier molecular flexibility index (Phi) is 4.76. The number of ether oxygens (including phenoxy) is 2. The summed E-state index contributed by atoms with van der Waals surface area (Å²) in [5.41, 5.74) is -2.18. The lowest BCUT2D eigenvalue weighted by molar-refractivity contribution is -0.177. The summed E-state index contributed by atoms with van der Waals surface area (Å²) in [7, 11) is 0. The molecule has 26 heavy (non-hydrogen) atoms. The molecule has 6 nitrogen and oxygen atoms in total. The van der Waals surface area contributed by atoms with Gasteiger partial charge in [0.15, 0.2) is 0 Å². The Morgan fingerprint density at radius 1 is 1.38 bits per heavy atom. The van der Waals surface area contributed by atoms with Crippen molar-refractivity contribution < 1.29 is 29.0 Å². The molecule has 5 unspecified atom stereocenters. The summed E-state index contributed by atoms with van der Waals surface area (Å²) in [6.07, 6.45) is 1.27. The van der Waals surface area contributed by atoms with E-state index in [1.807, 2.05) is 13.8 Å². The summed E-state index contributed by atoms with van der Waals surface area (Å²) in [4.78, 5) is 36.8. The fourth-order valence-electron chi connectivity index (χ4n) is 4.98. The molecule has 2 saturated carbocycles. The second-order valence-corrected chi connectivity index (χ2v) is 8.56. The molecule has 3 fully saturated rings. The van der Waals surface area contributed by atoms with Gasteiger partial charge in [0.2, 0.25) is 0 Å². The Morgan fingerprint density at radius 2 is 2.08 bits per heavy atom. The highest BCUT2D eigenvalue weighted by Crippen LogP contribution is 2.58. The molecule has 3 rings (SSSR count). The topological polar surface area (TPSA) is 89.9 Å². The van der Waals surface area contributed by atoms with E-state index in [9.17, 15) is 19.5 Å². The number of fused-ring (bicyclic) bond motifs is 3. The van der Waals surface area contributed by atoms with Gasteiger partial charge in [-0.15, -0.1) is 0 Å². The molecular formula is C20H28O6. The van der Waals surface area contributed by atoms with Crippen molar-refractivity contribution in [2.45, 2.75) is 64.6 Å². The van der Waals surface area contributed by atoms with Crippen LogP contribution in [0.3, 0.4) is 0 Å². The molecule has 6 heteroatoms. The van der Waals surface area contributed by atoms with Gasteiger partial charge in [0.05, 0.1) is 17.6 Å². The third-order valence-electron chi connectivity index (χ3n) is 6.61. The van der Waals surface area contributed by atoms with Crippen molar-refractivity contribution >= 4 is 17.7 Å². The van der Waals surface area contributed by atoms with E-state index in [1.165, 1.54) is 0 Å². The van der Waals surface area contributed by atoms with Crippen LogP contribution in [-0.2, 0) is 23.9 Å². The van der Waals surface area contributed by atoms with E-state index in [1.54, 1.807) is 6.92 Å². The van der Waals surface area contributed by atoms with Crippen molar-refractivity contribution in [2.75, 3.05) is 6.61 Å². The summed E-state index contributed by atoms with van der Waals surface area (Å²) >= 11 is 0. The first kappa shape index (κ1) is 19.1. The van der Waals surface area contributed by atoms with Crippen LogP contribution in [0.25, 0.3) is 0 Å². The minimum atomic E-state index is -1.35. The fraction of sp³-hybridized carbons (Fsp3) is 0.750. The summed E-state index contributed by atoms with van der Waals surface area (Å²) < 4.78 is 10.9. The molecular weight excluding hydrogens is 336 g/mol. The average Bonchev–Trinajstić information content (AvgIpc) is 2.94. The van der Waals surface area contributed by atoms with Gasteiger partial charge < -0.3 is 14.6 Å². The number of ketones is 1. The molecule has 1 N–H and O–H groups in total. The minimum absolute atomic E-state index is 0.0742. The second kappa shape index (κ2) is 6.48. The third-order valence-corrected chi connectivity index (χ3v) is 6.61. The van der Waals surface area contributed by atoms with E-state index in [0.29, 0.717) is 31.3 Å². The normalized spacial score (nSPS) is 39.4. The molecule has 0 radical (unpaired) electrons. The SMILES string of the molecule is C=C1C(=O)OC2C1CCC(COC(=O)CC(C)C)C1(O)CCC(=O)C21C. The highest BCUT2D eigenvalue weighted by Gasteiger charge is 2.69. The largest absolute Gasteiger partial charge is 0.465 e. The first-order chi connectivity index (χ1) is 12.1. The van der Waals surface area contributed by atoms with E-state index in [4.69, 9.17) is 9.47 Å². The van der Waals surface area contributed by atoms with Gasteiger partial charge in [-0.1, -0.05) is 20.4 Å². The van der Waals surface area contributed by atoms with Gasteiger partial charge in [-0.25, -0.2) is 4.79 Å². The van der Waals surface area contributed by atoms with Crippen LogP contribution < -0.4 is 0 Å². The van der Waals surface area contributed by atoms with E-state index in [-0.39, 0.29) is 42.5 Å². The molecule has 5 atom stereocenters. The van der Waals surface area contributed by atoms with Crippen molar-refractivity contribution in [3.05, 3.63) is 12.2 Å². The number of esters is 2. The molecule has 0 amide bonds. The number of carbonyl (C=O) groups is 3. The van der Waals surface area contributed by atoms with Gasteiger partial charge >= 0.3 is 11.9 Å². The second-order valence-electron chi connectivity index (χ2n) is 8.56. The van der Waals surface area contributed by atoms with Gasteiger partial charge in [0.1, 0.15) is 11.9 Å².